The standard InChI is InChI=1S/C23H22ClN3O5/c24-15-5-6-16(14-4-2-1-3-13(14)15)31-18-11-23(8-10-27(12-23)22(29)30)20(18)19(21(25)28)17-7-9-26-32-17/h1-7,9,18-20H,8,10-12H2,(H2,25,28)(H,29,30). The van der Waals surface area contributed by atoms with Crippen molar-refractivity contribution in [3.8, 4) is 5.75 Å². The highest BCUT2D eigenvalue weighted by molar-refractivity contribution is 6.35. The third-order valence-electron chi connectivity index (χ3n) is 6.91. The normalized spacial score (nSPS) is 25.6. The van der Waals surface area contributed by atoms with E-state index in [1.165, 1.54) is 11.1 Å². The number of fused-ring (bicyclic) bond motifs is 1. The molecule has 2 aliphatic rings. The topological polar surface area (TPSA) is 119 Å². The Morgan fingerprint density at radius 1 is 1.25 bits per heavy atom. The summed E-state index contributed by atoms with van der Waals surface area (Å²) in [5.74, 6) is -0.655. The molecule has 1 aromatic heterocycles. The van der Waals surface area contributed by atoms with E-state index in [9.17, 15) is 14.7 Å². The quantitative estimate of drug-likeness (QED) is 0.602. The molecule has 3 aromatic rings. The van der Waals surface area contributed by atoms with Crippen molar-refractivity contribution in [2.45, 2.75) is 24.9 Å². The van der Waals surface area contributed by atoms with E-state index < -0.39 is 23.3 Å². The Balaban J connectivity index is 1.52. The van der Waals surface area contributed by atoms with Crippen LogP contribution in [0.1, 0.15) is 24.5 Å². The first kappa shape index (κ1) is 20.6. The Morgan fingerprint density at radius 2 is 2.03 bits per heavy atom. The van der Waals surface area contributed by atoms with Crippen LogP contribution in [-0.4, -0.2) is 46.4 Å². The number of hydrogen-bond acceptors (Lipinski definition) is 5. The molecule has 2 fully saturated rings. The number of primary amides is 1. The number of carboxylic acid groups (broad SMARTS) is 1. The lowest BCUT2D eigenvalue weighted by Gasteiger charge is -2.54. The molecule has 2 heterocycles. The molecule has 2 aromatic carbocycles. The molecule has 3 N–H and O–H groups in total. The van der Waals surface area contributed by atoms with Gasteiger partial charge in [0.05, 0.1) is 6.20 Å². The van der Waals surface area contributed by atoms with Gasteiger partial charge in [-0.1, -0.05) is 41.0 Å². The number of amides is 2. The van der Waals surface area contributed by atoms with Gasteiger partial charge in [-0.2, -0.15) is 0 Å². The van der Waals surface area contributed by atoms with Crippen molar-refractivity contribution in [3.63, 3.8) is 0 Å². The minimum Gasteiger partial charge on any atom is -0.489 e. The van der Waals surface area contributed by atoms with E-state index in [4.69, 9.17) is 26.6 Å². The zero-order valence-corrected chi connectivity index (χ0v) is 17.9. The van der Waals surface area contributed by atoms with Crippen LogP contribution >= 0.6 is 11.6 Å². The fourth-order valence-electron chi connectivity index (χ4n) is 5.46. The van der Waals surface area contributed by atoms with Gasteiger partial charge >= 0.3 is 6.09 Å². The zero-order chi connectivity index (χ0) is 22.5. The molecule has 32 heavy (non-hydrogen) atoms. The number of rotatable bonds is 5. The first-order valence-electron chi connectivity index (χ1n) is 10.4. The molecule has 9 heteroatoms. The zero-order valence-electron chi connectivity index (χ0n) is 17.1. The number of ether oxygens (including phenoxy) is 1. The largest absolute Gasteiger partial charge is 0.489 e. The van der Waals surface area contributed by atoms with Crippen molar-refractivity contribution in [1.82, 2.24) is 10.1 Å². The average molecular weight is 456 g/mol. The first-order valence-corrected chi connectivity index (χ1v) is 10.8. The smallest absolute Gasteiger partial charge is 0.407 e. The Kier molecular flexibility index (Phi) is 4.97. The highest BCUT2D eigenvalue weighted by atomic mass is 35.5. The van der Waals surface area contributed by atoms with Gasteiger partial charge in [-0.3, -0.25) is 4.79 Å². The van der Waals surface area contributed by atoms with Gasteiger partial charge < -0.3 is 25.0 Å². The second kappa shape index (κ2) is 7.70. The van der Waals surface area contributed by atoms with Crippen LogP contribution in [-0.2, 0) is 4.79 Å². The average Bonchev–Trinajstić information content (AvgIpc) is 3.45. The number of benzene rings is 2. The molecule has 1 aliphatic carbocycles. The monoisotopic (exact) mass is 455 g/mol. The van der Waals surface area contributed by atoms with E-state index in [0.29, 0.717) is 42.5 Å². The van der Waals surface area contributed by atoms with Crippen molar-refractivity contribution < 1.29 is 24.0 Å². The summed E-state index contributed by atoms with van der Waals surface area (Å²) in [6.45, 7) is 0.733. The van der Waals surface area contributed by atoms with E-state index >= 15 is 0 Å². The molecule has 2 amide bonds. The van der Waals surface area contributed by atoms with Gasteiger partial charge in [0, 0.05) is 46.3 Å². The van der Waals surface area contributed by atoms with Gasteiger partial charge in [0.15, 0.2) is 0 Å². The number of nitrogens with zero attached hydrogens (tertiary/aromatic N) is 2. The molecular weight excluding hydrogens is 434 g/mol. The number of carbonyl (C=O) groups excluding carboxylic acids is 1. The number of carbonyl (C=O) groups is 2. The van der Waals surface area contributed by atoms with E-state index in [1.54, 1.807) is 12.1 Å². The minimum atomic E-state index is -0.969. The molecule has 1 spiro atoms. The van der Waals surface area contributed by atoms with Gasteiger partial charge in [0.25, 0.3) is 0 Å². The molecule has 166 valence electrons. The number of nitrogens with two attached hydrogens (primary N) is 1. The van der Waals surface area contributed by atoms with Gasteiger partial charge in [-0.05, 0) is 25.0 Å². The molecule has 1 saturated carbocycles. The molecule has 4 atom stereocenters. The lowest BCUT2D eigenvalue weighted by Crippen LogP contribution is -2.59. The summed E-state index contributed by atoms with van der Waals surface area (Å²) in [5.41, 5.74) is 5.40. The van der Waals surface area contributed by atoms with Crippen LogP contribution in [0.4, 0.5) is 4.79 Å². The summed E-state index contributed by atoms with van der Waals surface area (Å²) < 4.78 is 11.8. The Bertz CT molecular complexity index is 1180. The molecule has 5 rings (SSSR count). The van der Waals surface area contributed by atoms with Crippen molar-refractivity contribution in [2.24, 2.45) is 17.1 Å². The van der Waals surface area contributed by atoms with Crippen molar-refractivity contribution in [1.29, 1.82) is 0 Å². The van der Waals surface area contributed by atoms with Crippen LogP contribution in [0.5, 0.6) is 5.75 Å². The highest BCUT2D eigenvalue weighted by Crippen LogP contribution is 2.59. The van der Waals surface area contributed by atoms with Gasteiger partial charge in [0.1, 0.15) is 23.5 Å². The summed E-state index contributed by atoms with van der Waals surface area (Å²) in [5, 5.41) is 15.6. The number of halogens is 1. The van der Waals surface area contributed by atoms with E-state index in [-0.39, 0.29) is 12.0 Å². The second-order valence-electron chi connectivity index (χ2n) is 8.59. The molecule has 1 aliphatic heterocycles. The lowest BCUT2D eigenvalue weighted by atomic mass is 9.52. The number of hydrogen-bond donors (Lipinski definition) is 2. The molecule has 0 radical (unpaired) electrons. The van der Waals surface area contributed by atoms with Gasteiger partial charge in [-0.25, -0.2) is 4.79 Å². The summed E-state index contributed by atoms with van der Waals surface area (Å²) in [6, 6.07) is 12.9. The predicted molar refractivity (Wildman–Crippen MR) is 117 cm³/mol. The van der Waals surface area contributed by atoms with Crippen LogP contribution in [0.15, 0.2) is 53.2 Å². The fraction of sp³-hybridized carbons (Fsp3) is 0.348. The van der Waals surface area contributed by atoms with E-state index in [0.717, 1.165) is 10.8 Å². The third-order valence-corrected chi connectivity index (χ3v) is 7.24. The van der Waals surface area contributed by atoms with Crippen LogP contribution in [0.2, 0.25) is 5.02 Å². The molecule has 8 nitrogen and oxygen atoms in total. The van der Waals surface area contributed by atoms with Crippen LogP contribution < -0.4 is 10.5 Å². The van der Waals surface area contributed by atoms with Crippen LogP contribution in [0, 0.1) is 11.3 Å². The van der Waals surface area contributed by atoms with E-state index in [1.807, 2.05) is 30.3 Å². The summed E-state index contributed by atoms with van der Waals surface area (Å²) >= 11 is 6.35. The third kappa shape index (κ3) is 3.26. The maximum absolute atomic E-state index is 12.6. The lowest BCUT2D eigenvalue weighted by molar-refractivity contribution is -0.137. The number of aromatic nitrogens is 1. The fourth-order valence-corrected chi connectivity index (χ4v) is 5.69. The predicted octanol–water partition coefficient (Wildman–Crippen LogP) is 3.89. The van der Waals surface area contributed by atoms with E-state index in [2.05, 4.69) is 5.16 Å². The molecule has 4 unspecified atom stereocenters. The first-order chi connectivity index (χ1) is 15.4. The summed E-state index contributed by atoms with van der Waals surface area (Å²) in [6.07, 6.45) is 1.39. The van der Waals surface area contributed by atoms with Gasteiger partial charge in [0.2, 0.25) is 5.91 Å². The summed E-state index contributed by atoms with van der Waals surface area (Å²) in [7, 11) is 0. The molecular formula is C23H22ClN3O5. The van der Waals surface area contributed by atoms with Crippen molar-refractivity contribution in [3.05, 3.63) is 59.4 Å². The van der Waals surface area contributed by atoms with Gasteiger partial charge in [-0.15, -0.1) is 0 Å². The Morgan fingerprint density at radius 3 is 2.69 bits per heavy atom. The maximum atomic E-state index is 12.6. The van der Waals surface area contributed by atoms with Crippen LogP contribution in [0.25, 0.3) is 10.8 Å². The van der Waals surface area contributed by atoms with Crippen molar-refractivity contribution >= 4 is 34.4 Å². The maximum Gasteiger partial charge on any atom is 0.407 e. The van der Waals surface area contributed by atoms with Crippen molar-refractivity contribution in [2.75, 3.05) is 13.1 Å². The number of likely N-dealkylation sites (tertiary alicyclic amines) is 1. The summed E-state index contributed by atoms with van der Waals surface area (Å²) in [4.78, 5) is 25.5. The van der Waals surface area contributed by atoms with Crippen LogP contribution in [0.3, 0.4) is 0 Å². The Labute approximate surface area is 188 Å². The SMILES string of the molecule is NC(=O)C(c1ccno1)C1C(Oc2ccc(Cl)c3ccccc23)CC12CCN(C(=O)O)C2. The highest BCUT2D eigenvalue weighted by Gasteiger charge is 2.63. The second-order valence-corrected chi connectivity index (χ2v) is 9.00. The molecule has 1 saturated heterocycles. The molecule has 0 bridgehead atoms. The minimum absolute atomic E-state index is 0.326. The Hall–Kier alpha value is -3.26.